The normalized spacial score (nSPS) is 16.1. The molecule has 0 unspecified atom stereocenters. The molecule has 2 aromatic carbocycles. The molecule has 30 heavy (non-hydrogen) atoms. The Morgan fingerprint density at radius 2 is 1.90 bits per heavy atom. The fourth-order valence-electron chi connectivity index (χ4n) is 3.48. The molecule has 0 aliphatic heterocycles. The number of benzene rings is 2. The van der Waals surface area contributed by atoms with Crippen LogP contribution >= 0.6 is 11.6 Å². The van der Waals surface area contributed by atoms with Crippen molar-refractivity contribution >= 4 is 17.5 Å². The molecule has 0 bridgehead atoms. The minimum absolute atomic E-state index is 0.0162. The van der Waals surface area contributed by atoms with Crippen LogP contribution in [0.25, 0.3) is 11.4 Å². The lowest BCUT2D eigenvalue weighted by Gasteiger charge is -2.20. The Morgan fingerprint density at radius 1 is 1.10 bits per heavy atom. The summed E-state index contributed by atoms with van der Waals surface area (Å²) in [7, 11) is 0. The molecule has 2 fully saturated rings. The molecule has 3 aromatic rings. The van der Waals surface area contributed by atoms with Gasteiger partial charge >= 0.3 is 0 Å². The van der Waals surface area contributed by atoms with Crippen molar-refractivity contribution in [3.63, 3.8) is 0 Å². The highest BCUT2D eigenvalue weighted by Crippen LogP contribution is 2.30. The first kappa shape index (κ1) is 19.3. The van der Waals surface area contributed by atoms with Gasteiger partial charge in [-0.05, 0) is 55.5 Å². The average molecular weight is 423 g/mol. The third-order valence-corrected chi connectivity index (χ3v) is 5.70. The van der Waals surface area contributed by atoms with E-state index in [-0.39, 0.29) is 5.91 Å². The van der Waals surface area contributed by atoms with Gasteiger partial charge in [0.25, 0.3) is 5.91 Å². The highest BCUT2D eigenvalue weighted by atomic mass is 35.5. The number of hydrogen-bond donors (Lipinski definition) is 1. The zero-order chi connectivity index (χ0) is 20.5. The van der Waals surface area contributed by atoms with Gasteiger partial charge in [0, 0.05) is 34.8 Å². The molecule has 0 atom stereocenters. The number of hydrogen-bond acceptors (Lipinski definition) is 5. The van der Waals surface area contributed by atoms with Crippen molar-refractivity contribution in [3.05, 3.63) is 70.6 Å². The Balaban J connectivity index is 1.24. The van der Waals surface area contributed by atoms with Gasteiger partial charge < -0.3 is 9.84 Å². The van der Waals surface area contributed by atoms with Crippen molar-refractivity contribution in [2.45, 2.75) is 50.9 Å². The topological polar surface area (TPSA) is 71.3 Å². The molecule has 7 heteroatoms. The van der Waals surface area contributed by atoms with Crippen molar-refractivity contribution in [2.24, 2.45) is 0 Å². The van der Waals surface area contributed by atoms with Gasteiger partial charge in [0.1, 0.15) is 0 Å². The third-order valence-electron chi connectivity index (χ3n) is 5.47. The zero-order valence-electron chi connectivity index (χ0n) is 16.6. The van der Waals surface area contributed by atoms with Crippen LogP contribution in [0.2, 0.25) is 5.02 Å². The minimum atomic E-state index is 0.0162. The van der Waals surface area contributed by atoms with Crippen LogP contribution in [0.4, 0.5) is 0 Å². The number of carbonyl (C=O) groups is 1. The van der Waals surface area contributed by atoms with Crippen LogP contribution in [0.3, 0.4) is 0 Å². The molecule has 0 radical (unpaired) electrons. The summed E-state index contributed by atoms with van der Waals surface area (Å²) >= 11 is 6.06. The van der Waals surface area contributed by atoms with E-state index in [1.807, 2.05) is 48.5 Å². The molecule has 154 valence electrons. The molecule has 5 rings (SSSR count). The van der Waals surface area contributed by atoms with Crippen LogP contribution in [0, 0.1) is 0 Å². The molecule has 2 aliphatic carbocycles. The second-order valence-electron chi connectivity index (χ2n) is 8.10. The summed E-state index contributed by atoms with van der Waals surface area (Å²) in [5.41, 5.74) is 2.72. The minimum Gasteiger partial charge on any atom is -0.349 e. The lowest BCUT2D eigenvalue weighted by molar-refractivity contribution is 0.0951. The van der Waals surface area contributed by atoms with Gasteiger partial charge in [-0.1, -0.05) is 41.0 Å². The van der Waals surface area contributed by atoms with E-state index in [4.69, 9.17) is 16.1 Å². The summed E-state index contributed by atoms with van der Waals surface area (Å²) in [5, 5.41) is 7.78. The number of rotatable bonds is 8. The van der Waals surface area contributed by atoms with Gasteiger partial charge in [-0.25, -0.2) is 0 Å². The molecular formula is C23H23ClN4O2. The maximum Gasteiger partial charge on any atom is 0.251 e. The molecule has 1 amide bonds. The van der Waals surface area contributed by atoms with Crippen molar-refractivity contribution in [1.82, 2.24) is 20.4 Å². The van der Waals surface area contributed by atoms with Crippen LogP contribution < -0.4 is 5.32 Å². The van der Waals surface area contributed by atoms with Gasteiger partial charge in [-0.15, -0.1) is 0 Å². The van der Waals surface area contributed by atoms with E-state index in [1.54, 1.807) is 0 Å². The SMILES string of the molecule is O=C(NC1CC1)c1ccc(CN(Cc2nc(-c3cccc(Cl)c3)no2)C2CC2)cc1. The van der Waals surface area contributed by atoms with Crippen LogP contribution in [0.5, 0.6) is 0 Å². The fraction of sp³-hybridized carbons (Fsp3) is 0.348. The van der Waals surface area contributed by atoms with Crippen molar-refractivity contribution < 1.29 is 9.32 Å². The van der Waals surface area contributed by atoms with E-state index in [0.717, 1.165) is 24.9 Å². The van der Waals surface area contributed by atoms with Gasteiger partial charge in [-0.3, -0.25) is 9.69 Å². The van der Waals surface area contributed by atoms with Crippen molar-refractivity contribution in [2.75, 3.05) is 0 Å². The molecule has 2 aliphatic rings. The molecule has 6 nitrogen and oxygen atoms in total. The number of carbonyl (C=O) groups excluding carboxylic acids is 1. The van der Waals surface area contributed by atoms with Gasteiger partial charge in [-0.2, -0.15) is 4.98 Å². The van der Waals surface area contributed by atoms with Gasteiger partial charge in [0.15, 0.2) is 0 Å². The smallest absolute Gasteiger partial charge is 0.251 e. The molecule has 0 spiro atoms. The first-order chi connectivity index (χ1) is 14.6. The molecular weight excluding hydrogens is 400 g/mol. The van der Waals surface area contributed by atoms with E-state index in [0.29, 0.717) is 40.9 Å². The Kier molecular flexibility index (Phi) is 5.27. The summed E-state index contributed by atoms with van der Waals surface area (Å²) in [4.78, 5) is 19.1. The van der Waals surface area contributed by atoms with E-state index < -0.39 is 0 Å². The number of halogens is 1. The standard InChI is InChI=1S/C23H23ClN4O2/c24-18-3-1-2-17(12-18)22-26-21(30-27-22)14-28(20-10-11-20)13-15-4-6-16(7-5-15)23(29)25-19-8-9-19/h1-7,12,19-20H,8-11,13-14H2,(H,25,29). The summed E-state index contributed by atoms with van der Waals surface area (Å²) in [6.07, 6.45) is 4.54. The summed E-state index contributed by atoms with van der Waals surface area (Å²) in [5.74, 6) is 1.16. The fourth-order valence-corrected chi connectivity index (χ4v) is 3.67. The van der Waals surface area contributed by atoms with Gasteiger partial charge in [0.2, 0.25) is 11.7 Å². The largest absolute Gasteiger partial charge is 0.349 e. The second kappa shape index (κ2) is 8.20. The Hall–Kier alpha value is -2.70. The molecule has 1 aromatic heterocycles. The van der Waals surface area contributed by atoms with Gasteiger partial charge in [0.05, 0.1) is 6.54 Å². The summed E-state index contributed by atoms with van der Waals surface area (Å²) < 4.78 is 5.50. The molecule has 1 heterocycles. The Labute approximate surface area is 180 Å². The molecule has 1 N–H and O–H groups in total. The summed E-state index contributed by atoms with van der Waals surface area (Å²) in [6, 6.07) is 16.2. The lowest BCUT2D eigenvalue weighted by atomic mass is 10.1. The molecule has 0 saturated heterocycles. The first-order valence-electron chi connectivity index (χ1n) is 10.4. The van der Waals surface area contributed by atoms with Crippen molar-refractivity contribution in [1.29, 1.82) is 0 Å². The Bertz CT molecular complexity index is 1040. The summed E-state index contributed by atoms with van der Waals surface area (Å²) in [6.45, 7) is 1.38. The van der Waals surface area contributed by atoms with E-state index >= 15 is 0 Å². The van der Waals surface area contributed by atoms with Crippen LogP contribution in [-0.4, -0.2) is 33.0 Å². The highest BCUT2D eigenvalue weighted by molar-refractivity contribution is 6.30. The first-order valence-corrected chi connectivity index (χ1v) is 10.7. The number of nitrogens with zero attached hydrogens (tertiary/aromatic N) is 3. The second-order valence-corrected chi connectivity index (χ2v) is 8.54. The van der Waals surface area contributed by atoms with E-state index in [2.05, 4.69) is 20.4 Å². The number of aromatic nitrogens is 2. The lowest BCUT2D eigenvalue weighted by Crippen LogP contribution is -2.26. The van der Waals surface area contributed by atoms with Crippen LogP contribution in [0.15, 0.2) is 53.1 Å². The van der Waals surface area contributed by atoms with Crippen LogP contribution in [-0.2, 0) is 13.1 Å². The Morgan fingerprint density at radius 3 is 2.60 bits per heavy atom. The molecule has 2 saturated carbocycles. The highest BCUT2D eigenvalue weighted by Gasteiger charge is 2.30. The number of amides is 1. The maximum absolute atomic E-state index is 12.2. The van der Waals surface area contributed by atoms with Crippen LogP contribution in [0.1, 0.15) is 47.5 Å². The third kappa shape index (κ3) is 4.71. The predicted molar refractivity (Wildman–Crippen MR) is 114 cm³/mol. The van der Waals surface area contributed by atoms with E-state index in [9.17, 15) is 4.79 Å². The average Bonchev–Trinajstić information content (AvgIpc) is 3.68. The maximum atomic E-state index is 12.2. The quantitative estimate of drug-likeness (QED) is 0.580. The number of nitrogens with one attached hydrogen (secondary N) is 1. The zero-order valence-corrected chi connectivity index (χ0v) is 17.3. The predicted octanol–water partition coefficient (Wildman–Crippen LogP) is 4.45. The monoisotopic (exact) mass is 422 g/mol. The van der Waals surface area contributed by atoms with Crippen molar-refractivity contribution in [3.8, 4) is 11.4 Å². The van der Waals surface area contributed by atoms with E-state index in [1.165, 1.54) is 18.4 Å².